The lowest BCUT2D eigenvalue weighted by molar-refractivity contribution is 0.471. The van der Waals surface area contributed by atoms with E-state index in [2.05, 4.69) is 52.2 Å². The lowest BCUT2D eigenvalue weighted by Crippen LogP contribution is -2.21. The van der Waals surface area contributed by atoms with Crippen LogP contribution in [0.1, 0.15) is 43.4 Å². The van der Waals surface area contributed by atoms with Crippen LogP contribution in [0.4, 0.5) is 0 Å². The van der Waals surface area contributed by atoms with Crippen molar-refractivity contribution in [1.82, 2.24) is 25.5 Å². The standard InChI is InChI=1S/C12H19N5S/c1-3-7-13-9-12-14-15-16-17(12)10(4-2)11-6-5-8-18-11/h5-6,8,10,13H,3-4,7,9H2,1-2H3. The van der Waals surface area contributed by atoms with Crippen LogP contribution in [0.5, 0.6) is 0 Å². The van der Waals surface area contributed by atoms with Gasteiger partial charge in [-0.2, -0.15) is 0 Å². The predicted molar refractivity (Wildman–Crippen MR) is 72.6 cm³/mol. The Bertz CT molecular complexity index is 451. The van der Waals surface area contributed by atoms with Crippen LogP contribution in [0, 0.1) is 0 Å². The highest BCUT2D eigenvalue weighted by Crippen LogP contribution is 2.25. The first kappa shape index (κ1) is 13.2. The molecule has 0 amide bonds. The molecule has 0 saturated carbocycles. The zero-order chi connectivity index (χ0) is 12.8. The van der Waals surface area contributed by atoms with Crippen molar-refractivity contribution in [3.05, 3.63) is 28.2 Å². The number of rotatable bonds is 7. The average molecular weight is 265 g/mol. The highest BCUT2D eigenvalue weighted by Gasteiger charge is 2.18. The van der Waals surface area contributed by atoms with Gasteiger partial charge in [-0.25, -0.2) is 4.68 Å². The molecule has 2 rings (SSSR count). The molecule has 0 saturated heterocycles. The minimum absolute atomic E-state index is 0.249. The summed E-state index contributed by atoms with van der Waals surface area (Å²) in [5.41, 5.74) is 0. The Morgan fingerprint density at radius 1 is 1.44 bits per heavy atom. The molecule has 0 aromatic carbocycles. The van der Waals surface area contributed by atoms with Gasteiger partial charge in [0.05, 0.1) is 12.6 Å². The number of nitrogens with one attached hydrogen (secondary N) is 1. The van der Waals surface area contributed by atoms with E-state index >= 15 is 0 Å². The molecule has 0 aliphatic heterocycles. The summed E-state index contributed by atoms with van der Waals surface area (Å²) in [5, 5.41) is 17.5. The van der Waals surface area contributed by atoms with Gasteiger partial charge in [0, 0.05) is 4.88 Å². The van der Waals surface area contributed by atoms with E-state index in [1.165, 1.54) is 4.88 Å². The van der Waals surface area contributed by atoms with Gasteiger partial charge in [-0.05, 0) is 41.3 Å². The van der Waals surface area contributed by atoms with E-state index in [-0.39, 0.29) is 6.04 Å². The van der Waals surface area contributed by atoms with Gasteiger partial charge in [-0.15, -0.1) is 16.4 Å². The number of hydrogen-bond acceptors (Lipinski definition) is 5. The van der Waals surface area contributed by atoms with Gasteiger partial charge >= 0.3 is 0 Å². The van der Waals surface area contributed by atoms with Crippen LogP contribution in [0.15, 0.2) is 17.5 Å². The lowest BCUT2D eigenvalue weighted by atomic mass is 10.2. The fourth-order valence-electron chi connectivity index (χ4n) is 1.92. The molecule has 98 valence electrons. The van der Waals surface area contributed by atoms with Crippen molar-refractivity contribution in [2.75, 3.05) is 6.54 Å². The molecule has 2 aromatic heterocycles. The molecule has 0 aliphatic carbocycles. The van der Waals surface area contributed by atoms with Crippen LogP contribution in [0.3, 0.4) is 0 Å². The fraction of sp³-hybridized carbons (Fsp3) is 0.583. The third-order valence-corrected chi connectivity index (χ3v) is 3.80. The van der Waals surface area contributed by atoms with Crippen molar-refractivity contribution >= 4 is 11.3 Å². The summed E-state index contributed by atoms with van der Waals surface area (Å²) in [6.07, 6.45) is 2.11. The van der Waals surface area contributed by atoms with Crippen molar-refractivity contribution in [1.29, 1.82) is 0 Å². The molecule has 0 fully saturated rings. The summed E-state index contributed by atoms with van der Waals surface area (Å²) in [6.45, 7) is 6.02. The van der Waals surface area contributed by atoms with E-state index < -0.39 is 0 Å². The topological polar surface area (TPSA) is 55.6 Å². The Hall–Kier alpha value is -1.27. The molecule has 2 aromatic rings. The van der Waals surface area contributed by atoms with Gasteiger partial charge in [-0.3, -0.25) is 0 Å². The molecule has 18 heavy (non-hydrogen) atoms. The number of tetrazole rings is 1. The number of nitrogens with zero attached hydrogens (tertiary/aromatic N) is 4. The summed E-state index contributed by atoms with van der Waals surface area (Å²) in [4.78, 5) is 1.31. The van der Waals surface area contributed by atoms with Crippen molar-refractivity contribution in [2.24, 2.45) is 0 Å². The monoisotopic (exact) mass is 265 g/mol. The second-order valence-corrected chi connectivity index (χ2v) is 5.14. The van der Waals surface area contributed by atoms with Crippen LogP contribution in [0.25, 0.3) is 0 Å². The van der Waals surface area contributed by atoms with Crippen molar-refractivity contribution in [2.45, 2.75) is 39.3 Å². The van der Waals surface area contributed by atoms with E-state index in [9.17, 15) is 0 Å². The highest BCUT2D eigenvalue weighted by atomic mass is 32.1. The van der Waals surface area contributed by atoms with Crippen LogP contribution < -0.4 is 5.32 Å². The molecule has 0 radical (unpaired) electrons. The number of thiophene rings is 1. The Morgan fingerprint density at radius 2 is 2.33 bits per heavy atom. The summed E-state index contributed by atoms with van der Waals surface area (Å²) < 4.78 is 1.94. The summed E-state index contributed by atoms with van der Waals surface area (Å²) in [7, 11) is 0. The molecule has 1 N–H and O–H groups in total. The Labute approximate surface area is 111 Å². The Morgan fingerprint density at radius 3 is 3.00 bits per heavy atom. The predicted octanol–water partition coefficient (Wildman–Crippen LogP) is 2.23. The van der Waals surface area contributed by atoms with E-state index in [1.54, 1.807) is 11.3 Å². The van der Waals surface area contributed by atoms with Crippen LogP contribution in [-0.4, -0.2) is 26.8 Å². The molecule has 0 spiro atoms. The maximum absolute atomic E-state index is 4.14. The van der Waals surface area contributed by atoms with E-state index in [0.717, 1.165) is 31.8 Å². The third-order valence-electron chi connectivity index (χ3n) is 2.82. The summed E-state index contributed by atoms with van der Waals surface area (Å²) in [5.74, 6) is 0.906. The van der Waals surface area contributed by atoms with Gasteiger partial charge in [0.2, 0.25) is 0 Å². The molecule has 2 heterocycles. The van der Waals surface area contributed by atoms with Gasteiger partial charge in [0.15, 0.2) is 5.82 Å². The molecule has 0 bridgehead atoms. The molecule has 0 aliphatic rings. The minimum atomic E-state index is 0.249. The van der Waals surface area contributed by atoms with E-state index in [0.29, 0.717) is 0 Å². The lowest BCUT2D eigenvalue weighted by Gasteiger charge is -2.15. The minimum Gasteiger partial charge on any atom is -0.310 e. The molecule has 5 nitrogen and oxygen atoms in total. The molecular weight excluding hydrogens is 246 g/mol. The average Bonchev–Trinajstić information content (AvgIpc) is 3.03. The molecule has 1 atom stereocenters. The number of hydrogen-bond donors (Lipinski definition) is 1. The summed E-state index contributed by atoms with van der Waals surface area (Å²) >= 11 is 1.75. The third kappa shape index (κ3) is 2.94. The van der Waals surface area contributed by atoms with Crippen LogP contribution in [-0.2, 0) is 6.54 Å². The quantitative estimate of drug-likeness (QED) is 0.780. The first-order valence-corrected chi connectivity index (χ1v) is 7.25. The molecular formula is C12H19N5S. The molecule has 6 heteroatoms. The van der Waals surface area contributed by atoms with E-state index in [4.69, 9.17) is 0 Å². The van der Waals surface area contributed by atoms with Gasteiger partial charge in [0.1, 0.15) is 0 Å². The maximum atomic E-state index is 4.14. The molecule has 1 unspecified atom stereocenters. The van der Waals surface area contributed by atoms with E-state index in [1.807, 2.05) is 4.68 Å². The first-order chi connectivity index (χ1) is 8.86. The van der Waals surface area contributed by atoms with Gasteiger partial charge in [0.25, 0.3) is 0 Å². The largest absolute Gasteiger partial charge is 0.310 e. The first-order valence-electron chi connectivity index (χ1n) is 6.37. The SMILES string of the molecule is CCCNCc1nnnn1C(CC)c1cccs1. The summed E-state index contributed by atoms with van der Waals surface area (Å²) in [6, 6.07) is 4.46. The van der Waals surface area contributed by atoms with Crippen LogP contribution in [0.2, 0.25) is 0 Å². The van der Waals surface area contributed by atoms with Crippen LogP contribution >= 0.6 is 11.3 Å². The normalized spacial score (nSPS) is 12.8. The number of aromatic nitrogens is 4. The zero-order valence-electron chi connectivity index (χ0n) is 10.8. The van der Waals surface area contributed by atoms with Gasteiger partial charge in [-0.1, -0.05) is 19.9 Å². The van der Waals surface area contributed by atoms with Crippen molar-refractivity contribution in [3.63, 3.8) is 0 Å². The fourth-order valence-corrected chi connectivity index (χ4v) is 2.82. The van der Waals surface area contributed by atoms with Crippen molar-refractivity contribution < 1.29 is 0 Å². The van der Waals surface area contributed by atoms with Crippen molar-refractivity contribution in [3.8, 4) is 0 Å². The highest BCUT2D eigenvalue weighted by molar-refractivity contribution is 7.10. The Kier molecular flexibility index (Phi) is 4.83. The second-order valence-electron chi connectivity index (χ2n) is 4.16. The zero-order valence-corrected chi connectivity index (χ0v) is 11.7. The smallest absolute Gasteiger partial charge is 0.165 e. The Balaban J connectivity index is 2.13. The van der Waals surface area contributed by atoms with Gasteiger partial charge < -0.3 is 5.32 Å². The second kappa shape index (κ2) is 6.61. The maximum Gasteiger partial charge on any atom is 0.165 e.